The van der Waals surface area contributed by atoms with Crippen molar-refractivity contribution in [3.05, 3.63) is 42.3 Å². The van der Waals surface area contributed by atoms with Gasteiger partial charge in [-0.05, 0) is 18.2 Å². The van der Waals surface area contributed by atoms with Gasteiger partial charge in [-0.3, -0.25) is 4.98 Å². The molecule has 2 aromatic heterocycles. The Balaban J connectivity index is 2.08. The van der Waals surface area contributed by atoms with E-state index in [0.717, 1.165) is 17.4 Å². The maximum absolute atomic E-state index is 13.8. The van der Waals surface area contributed by atoms with E-state index in [1.807, 2.05) is 0 Å². The van der Waals surface area contributed by atoms with Crippen LogP contribution in [0.2, 0.25) is 0 Å². The van der Waals surface area contributed by atoms with Crippen molar-refractivity contribution in [3.63, 3.8) is 0 Å². The molecule has 5 nitrogen and oxygen atoms in total. The van der Waals surface area contributed by atoms with Crippen molar-refractivity contribution < 1.29 is 17.5 Å². The minimum Gasteiger partial charge on any atom is -0.453 e. The van der Waals surface area contributed by atoms with E-state index >= 15 is 0 Å². The normalized spacial score (nSPS) is 11.1. The molecule has 1 aromatic carbocycles. The predicted molar refractivity (Wildman–Crippen MR) is 79.1 cm³/mol. The number of fused-ring (bicyclic) bond motifs is 1. The number of nitrogens with two attached hydrogens (primary N) is 1. The van der Waals surface area contributed by atoms with Crippen molar-refractivity contribution >= 4 is 37.9 Å². The molecule has 0 radical (unpaired) electrons. The number of anilines is 1. The maximum Gasteiger partial charge on any atom is 0.177 e. The molecule has 0 aliphatic heterocycles. The second-order valence-corrected chi connectivity index (χ2v) is 6.51. The number of thiophene rings is 1. The second kappa shape index (κ2) is 5.30. The number of halogens is 1. The molecule has 0 aliphatic carbocycles. The molecule has 3 aromatic rings. The van der Waals surface area contributed by atoms with E-state index in [9.17, 15) is 12.8 Å². The molecule has 0 spiro atoms. The smallest absolute Gasteiger partial charge is 0.177 e. The standard InChI is InChI=1S/C13H9FN2O3S2/c14-8-5-7(15)1-2-10(8)19-11-3-4-16-9-6-12(21(17)18)20-13(9)11/h1-6,21H,15H2. The van der Waals surface area contributed by atoms with Crippen molar-refractivity contribution in [3.8, 4) is 11.5 Å². The van der Waals surface area contributed by atoms with Gasteiger partial charge in [0, 0.05) is 24.0 Å². The Kier molecular flexibility index (Phi) is 3.48. The zero-order valence-electron chi connectivity index (χ0n) is 10.4. The van der Waals surface area contributed by atoms with Crippen LogP contribution in [0.25, 0.3) is 10.2 Å². The number of nitrogen functional groups attached to an aromatic ring is 1. The molecule has 8 heteroatoms. The van der Waals surface area contributed by atoms with E-state index < -0.39 is 16.5 Å². The van der Waals surface area contributed by atoms with Gasteiger partial charge in [0.15, 0.2) is 22.3 Å². The van der Waals surface area contributed by atoms with Gasteiger partial charge in [0.1, 0.15) is 9.96 Å². The molecule has 0 unspecified atom stereocenters. The minimum atomic E-state index is -2.69. The highest BCUT2D eigenvalue weighted by molar-refractivity contribution is 7.75. The maximum atomic E-state index is 13.8. The summed E-state index contributed by atoms with van der Waals surface area (Å²) in [4.78, 5) is 4.07. The van der Waals surface area contributed by atoms with Gasteiger partial charge in [-0.25, -0.2) is 12.8 Å². The fourth-order valence-corrected chi connectivity index (χ4v) is 3.40. The fraction of sp³-hybridized carbons (Fsp3) is 0. The summed E-state index contributed by atoms with van der Waals surface area (Å²) in [6, 6.07) is 7.10. The van der Waals surface area contributed by atoms with E-state index in [1.165, 1.54) is 24.4 Å². The van der Waals surface area contributed by atoms with Crippen LogP contribution >= 0.6 is 11.3 Å². The van der Waals surface area contributed by atoms with E-state index in [2.05, 4.69) is 4.98 Å². The Labute approximate surface area is 124 Å². The van der Waals surface area contributed by atoms with Crippen molar-refractivity contribution in [2.24, 2.45) is 0 Å². The summed E-state index contributed by atoms with van der Waals surface area (Å²) in [5.74, 6) is -0.235. The van der Waals surface area contributed by atoms with Crippen LogP contribution in [-0.4, -0.2) is 13.4 Å². The number of ether oxygens (including phenoxy) is 1. The monoisotopic (exact) mass is 324 g/mol. The molecule has 2 N–H and O–H groups in total. The molecule has 108 valence electrons. The summed E-state index contributed by atoms with van der Waals surface area (Å²) < 4.78 is 42.1. The highest BCUT2D eigenvalue weighted by atomic mass is 32.2. The van der Waals surface area contributed by atoms with Crippen molar-refractivity contribution in [2.75, 3.05) is 5.73 Å². The van der Waals surface area contributed by atoms with Gasteiger partial charge in [0.25, 0.3) is 0 Å². The molecule has 2 heterocycles. The average molecular weight is 324 g/mol. The number of hydrogen-bond donors (Lipinski definition) is 2. The lowest BCUT2D eigenvalue weighted by Gasteiger charge is -2.07. The summed E-state index contributed by atoms with van der Waals surface area (Å²) in [6.45, 7) is 0. The SMILES string of the molecule is Nc1ccc(Oc2ccnc3cc([SH](=O)=O)sc23)c(F)c1. The van der Waals surface area contributed by atoms with Gasteiger partial charge in [0.05, 0.1) is 10.2 Å². The number of thiol groups is 1. The molecule has 21 heavy (non-hydrogen) atoms. The molecule has 0 saturated carbocycles. The van der Waals surface area contributed by atoms with Gasteiger partial charge in [-0.1, -0.05) is 0 Å². The van der Waals surface area contributed by atoms with Crippen LogP contribution in [-0.2, 0) is 10.7 Å². The van der Waals surface area contributed by atoms with Gasteiger partial charge >= 0.3 is 0 Å². The average Bonchev–Trinajstić information content (AvgIpc) is 2.87. The van der Waals surface area contributed by atoms with Crippen LogP contribution in [0, 0.1) is 5.82 Å². The number of nitrogens with zero attached hydrogens (tertiary/aromatic N) is 1. The summed E-state index contributed by atoms with van der Waals surface area (Å²) in [7, 11) is -2.69. The Bertz CT molecular complexity index is 898. The quantitative estimate of drug-likeness (QED) is 0.572. The number of aromatic nitrogens is 1. The molecule has 0 aliphatic rings. The number of benzene rings is 1. The van der Waals surface area contributed by atoms with Crippen LogP contribution in [0.1, 0.15) is 0 Å². The van der Waals surface area contributed by atoms with Gasteiger partial charge in [-0.2, -0.15) is 0 Å². The molecule has 3 rings (SSSR count). The number of hydrogen-bond acceptors (Lipinski definition) is 6. The first-order chi connectivity index (χ1) is 10.0. The second-order valence-electron chi connectivity index (χ2n) is 4.16. The van der Waals surface area contributed by atoms with Crippen LogP contribution in [0.3, 0.4) is 0 Å². The molecular formula is C13H9FN2O3S2. The molecule has 0 saturated heterocycles. The summed E-state index contributed by atoms with van der Waals surface area (Å²) >= 11 is 1.03. The molecule has 0 fully saturated rings. The first-order valence-electron chi connectivity index (χ1n) is 5.80. The van der Waals surface area contributed by atoms with Crippen LogP contribution in [0.15, 0.2) is 40.7 Å². The third kappa shape index (κ3) is 2.67. The first-order valence-corrected chi connectivity index (χ1v) is 7.80. The third-order valence-corrected chi connectivity index (χ3v) is 4.87. The molecule has 0 bridgehead atoms. The summed E-state index contributed by atoms with van der Waals surface area (Å²) in [6.07, 6.45) is 1.47. The Morgan fingerprint density at radius 1 is 1.19 bits per heavy atom. The zero-order valence-corrected chi connectivity index (χ0v) is 12.2. The summed E-state index contributed by atoms with van der Waals surface area (Å²) in [5, 5.41) is 0. The third-order valence-electron chi connectivity index (χ3n) is 2.72. The van der Waals surface area contributed by atoms with Crippen molar-refractivity contribution in [1.82, 2.24) is 4.98 Å². The van der Waals surface area contributed by atoms with Crippen molar-refractivity contribution in [2.45, 2.75) is 4.21 Å². The van der Waals surface area contributed by atoms with Gasteiger partial charge in [0.2, 0.25) is 0 Å². The highest BCUT2D eigenvalue weighted by Crippen LogP contribution is 2.36. The lowest BCUT2D eigenvalue weighted by Crippen LogP contribution is -1.91. The Morgan fingerprint density at radius 3 is 2.71 bits per heavy atom. The lowest BCUT2D eigenvalue weighted by molar-refractivity contribution is 0.447. The topological polar surface area (TPSA) is 82.3 Å². The van der Waals surface area contributed by atoms with E-state index in [0.29, 0.717) is 21.7 Å². The number of pyridine rings is 1. The molecule has 0 atom stereocenters. The Hall–Kier alpha value is -2.19. The number of rotatable bonds is 3. The molecule has 0 amide bonds. The van der Waals surface area contributed by atoms with Gasteiger partial charge in [-0.15, -0.1) is 11.3 Å². The zero-order chi connectivity index (χ0) is 15.0. The molecular weight excluding hydrogens is 315 g/mol. The van der Waals surface area contributed by atoms with Crippen LogP contribution < -0.4 is 10.5 Å². The summed E-state index contributed by atoms with van der Waals surface area (Å²) in [5.41, 5.74) is 6.26. The largest absolute Gasteiger partial charge is 0.453 e. The van der Waals surface area contributed by atoms with E-state index in [4.69, 9.17) is 10.5 Å². The van der Waals surface area contributed by atoms with Crippen molar-refractivity contribution in [1.29, 1.82) is 0 Å². The minimum absolute atomic E-state index is 0.0122. The van der Waals surface area contributed by atoms with Gasteiger partial charge < -0.3 is 10.5 Å². The van der Waals surface area contributed by atoms with Crippen LogP contribution in [0.4, 0.5) is 10.1 Å². The lowest BCUT2D eigenvalue weighted by atomic mass is 10.3. The predicted octanol–water partition coefficient (Wildman–Crippen LogP) is 2.78. The van der Waals surface area contributed by atoms with Crippen LogP contribution in [0.5, 0.6) is 11.5 Å². The first kappa shape index (κ1) is 13.8. The Morgan fingerprint density at radius 2 is 2.00 bits per heavy atom. The van der Waals surface area contributed by atoms with E-state index in [-0.39, 0.29) is 9.96 Å². The van der Waals surface area contributed by atoms with E-state index in [1.54, 1.807) is 6.07 Å². The fourth-order valence-electron chi connectivity index (χ4n) is 1.79. The highest BCUT2D eigenvalue weighted by Gasteiger charge is 2.12.